The molecule has 0 saturated heterocycles. The fourth-order valence-corrected chi connectivity index (χ4v) is 0.733. The Balaban J connectivity index is -0.0000000653. The van der Waals surface area contributed by atoms with Crippen LogP contribution in [-0.2, 0) is 31.3 Å². The molecule has 5 nitrogen and oxygen atoms in total. The summed E-state index contributed by atoms with van der Waals surface area (Å²) in [4.78, 5) is 0. The van der Waals surface area contributed by atoms with Crippen LogP contribution < -0.4 is 47.2 Å². The minimum absolute atomic E-state index is 0. The minimum atomic E-state index is 0. The van der Waals surface area contributed by atoms with Crippen LogP contribution in [0.25, 0.3) is 0 Å². The molecule has 86 valence electrons. The van der Waals surface area contributed by atoms with Crippen molar-refractivity contribution in [2.75, 3.05) is 0 Å². The van der Waals surface area contributed by atoms with E-state index in [-0.39, 0.29) is 55.1 Å². The number of ether oxygens (including phenoxy) is 2. The summed E-state index contributed by atoms with van der Waals surface area (Å²) in [7, 11) is 0. The molecule has 19 heavy (non-hydrogen) atoms. The van der Waals surface area contributed by atoms with Gasteiger partial charge in [-0.05, 0) is 0 Å². The summed E-state index contributed by atoms with van der Waals surface area (Å²) in [6.07, 6.45) is 2.93. The number of rotatable bonds is 0. The van der Waals surface area contributed by atoms with Crippen LogP contribution in [0.4, 0.5) is 0 Å². The molecule has 0 spiro atoms. The Morgan fingerprint density at radius 2 is 1.00 bits per heavy atom. The summed E-state index contributed by atoms with van der Waals surface area (Å²) in [5.74, 6) is 1.18. The molecule has 0 unspecified atom stereocenters. The van der Waals surface area contributed by atoms with Gasteiger partial charge in [-0.15, -0.1) is 0 Å². The van der Waals surface area contributed by atoms with E-state index in [1.165, 1.54) is 12.5 Å². The van der Waals surface area contributed by atoms with Gasteiger partial charge in [-0.25, -0.2) is 0 Å². The first kappa shape index (κ1) is 31.1. The monoisotopic (exact) mass is 282 g/mol. The van der Waals surface area contributed by atoms with E-state index in [1.807, 2.05) is 0 Å². The molecule has 1 aromatic carbocycles. The van der Waals surface area contributed by atoms with Crippen LogP contribution in [0.1, 0.15) is 0 Å². The first-order valence-electron chi connectivity index (χ1n) is 3.49. The van der Waals surface area contributed by atoms with Crippen molar-refractivity contribution < 1.29 is 78.5 Å². The van der Waals surface area contributed by atoms with E-state index in [9.17, 15) is 0 Å². The van der Waals surface area contributed by atoms with Crippen LogP contribution >= 0.6 is 0 Å². The Kier molecular flexibility index (Phi) is 42.8. The van der Waals surface area contributed by atoms with Crippen molar-refractivity contribution in [3.05, 3.63) is 56.7 Å². The standard InChI is InChI=1S/C8H4O2.3CO.Cr.2Li/c1-2-4-8-7(3-1)9-5-6-10-8;3*1-2;;;/h1-2,5-6H;;;;;;/q-2;;;;;2*+1. The van der Waals surface area contributed by atoms with Crippen molar-refractivity contribution in [3.8, 4) is 11.5 Å². The second kappa shape index (κ2) is 26.1. The fourth-order valence-electron chi connectivity index (χ4n) is 0.733. The zero-order valence-electron chi connectivity index (χ0n) is 10.3. The minimum Gasteiger partial charge on any atom is -0.542 e. The Morgan fingerprint density at radius 1 is 0.737 bits per heavy atom. The number of benzene rings is 1. The number of hydrogen-bond donors (Lipinski definition) is 0. The van der Waals surface area contributed by atoms with Crippen LogP contribution in [-0.4, -0.2) is 0 Å². The maximum atomic E-state index is 7.50. The smallest absolute Gasteiger partial charge is 0.542 e. The molecule has 1 aliphatic rings. The Morgan fingerprint density at radius 3 is 1.26 bits per heavy atom. The summed E-state index contributed by atoms with van der Waals surface area (Å²) < 4.78 is 32.6. The van der Waals surface area contributed by atoms with Crippen LogP contribution in [0.15, 0.2) is 24.7 Å². The van der Waals surface area contributed by atoms with Gasteiger partial charge in [-0.3, -0.25) is 24.3 Å². The first-order chi connectivity index (χ1) is 7.97. The first-order valence-corrected chi connectivity index (χ1v) is 3.49. The number of hydrogen-bond acceptors (Lipinski definition) is 2. The maximum absolute atomic E-state index is 7.50. The molecule has 0 N–H and O–H groups in total. The van der Waals surface area contributed by atoms with E-state index in [0.29, 0.717) is 11.5 Å². The average Bonchev–Trinajstić information content (AvgIpc) is 2.45. The van der Waals surface area contributed by atoms with Gasteiger partial charge in [0.1, 0.15) is 12.5 Å². The van der Waals surface area contributed by atoms with Gasteiger partial charge in [-0.2, -0.15) is 0 Å². The summed E-state index contributed by atoms with van der Waals surface area (Å²) in [5, 5.41) is 0. The molecule has 0 amide bonds. The van der Waals surface area contributed by atoms with Crippen LogP contribution in [0.2, 0.25) is 0 Å². The molecule has 1 aliphatic heterocycles. The molecule has 0 atom stereocenters. The largest absolute Gasteiger partial charge is 1.00 e. The van der Waals surface area contributed by atoms with Gasteiger partial charge in [-0.1, -0.05) is 11.5 Å². The van der Waals surface area contributed by atoms with Gasteiger partial charge in [0.15, 0.2) is 0 Å². The van der Waals surface area contributed by atoms with Gasteiger partial charge in [0.05, 0.1) is 0 Å². The third kappa shape index (κ3) is 13.7. The molecule has 2 rings (SSSR count). The van der Waals surface area contributed by atoms with E-state index < -0.39 is 0 Å². The van der Waals surface area contributed by atoms with Crippen molar-refractivity contribution >= 4 is 0 Å². The fraction of sp³-hybridized carbons (Fsp3) is 0. The van der Waals surface area contributed by atoms with Crippen LogP contribution in [0.5, 0.6) is 11.5 Å². The molecular formula is C11H4CrLi2O5. The topological polar surface area (TPSA) is 78.2 Å². The third-order valence-corrected chi connectivity index (χ3v) is 1.15. The summed E-state index contributed by atoms with van der Waals surface area (Å²) in [6, 6.07) is 9.17. The third-order valence-electron chi connectivity index (χ3n) is 1.15. The Hall–Kier alpha value is -0.493. The summed E-state index contributed by atoms with van der Waals surface area (Å²) in [5.41, 5.74) is 0. The zero-order valence-corrected chi connectivity index (χ0v) is 11.5. The molecule has 0 aliphatic carbocycles. The Labute approximate surface area is 146 Å². The predicted molar refractivity (Wildman–Crippen MR) is 46.3 cm³/mol. The van der Waals surface area contributed by atoms with Crippen LogP contribution in [0, 0.1) is 32.1 Å². The van der Waals surface area contributed by atoms with Gasteiger partial charge in [0.2, 0.25) is 0 Å². The number of fused-ring (bicyclic) bond motifs is 1. The van der Waals surface area contributed by atoms with E-state index in [4.69, 9.17) is 23.4 Å². The maximum Gasteiger partial charge on any atom is 1.00 e. The second-order valence-corrected chi connectivity index (χ2v) is 1.79. The zero-order chi connectivity index (χ0) is 12.8. The van der Waals surface area contributed by atoms with E-state index >= 15 is 0 Å². The molecule has 0 radical (unpaired) electrons. The van der Waals surface area contributed by atoms with Crippen molar-refractivity contribution in [3.63, 3.8) is 0 Å². The van der Waals surface area contributed by atoms with Crippen molar-refractivity contribution in [1.82, 2.24) is 0 Å². The van der Waals surface area contributed by atoms with E-state index in [1.54, 1.807) is 12.1 Å². The molecule has 8 heteroatoms. The second-order valence-electron chi connectivity index (χ2n) is 1.79. The molecule has 0 saturated carbocycles. The van der Waals surface area contributed by atoms with Crippen molar-refractivity contribution in [2.45, 2.75) is 0 Å². The summed E-state index contributed by atoms with van der Waals surface area (Å²) >= 11 is 0. The molecular weight excluding hydrogens is 278 g/mol. The van der Waals surface area contributed by atoms with Gasteiger partial charge < -0.3 is 9.47 Å². The van der Waals surface area contributed by atoms with E-state index in [2.05, 4.69) is 32.1 Å². The summed E-state index contributed by atoms with van der Waals surface area (Å²) in [6.45, 7) is 13.5. The molecule has 1 heterocycles. The molecule has 1 aromatic rings. The van der Waals surface area contributed by atoms with Gasteiger partial charge in [0.25, 0.3) is 0 Å². The molecule has 0 fully saturated rings. The van der Waals surface area contributed by atoms with Crippen molar-refractivity contribution in [1.29, 1.82) is 0 Å². The average molecular weight is 282 g/mol. The van der Waals surface area contributed by atoms with Gasteiger partial charge >= 0.3 is 71.6 Å². The van der Waals surface area contributed by atoms with E-state index in [0.717, 1.165) is 0 Å². The molecule has 0 aromatic heterocycles. The normalized spacial score (nSPS) is 7.26. The quantitative estimate of drug-likeness (QED) is 0.273. The van der Waals surface area contributed by atoms with Gasteiger partial charge in [0, 0.05) is 17.4 Å². The predicted octanol–water partition coefficient (Wildman–Crippen LogP) is -4.58. The SMILES string of the molecule is [C-]#[O+].[C-]#[O+].[C-]#[O+].[Cr].[Li+].[Li+].[c-]1cc[c-]c2c1OC=CO2. The molecule has 0 bridgehead atoms. The van der Waals surface area contributed by atoms with Crippen LogP contribution in [0.3, 0.4) is 0 Å². The Bertz CT molecular complexity index is 349. The van der Waals surface area contributed by atoms with Crippen molar-refractivity contribution in [2.24, 2.45) is 0 Å².